The molecule has 2 aliphatic heterocycles. The van der Waals surface area contributed by atoms with Crippen LogP contribution in [0.4, 0.5) is 0 Å². The maximum absolute atomic E-state index is 11.5. The van der Waals surface area contributed by atoms with E-state index in [0.717, 1.165) is 22.3 Å². The maximum atomic E-state index is 11.5. The highest BCUT2D eigenvalue weighted by Gasteiger charge is 2.50. The maximum Gasteiger partial charge on any atom is 0.163 e. The van der Waals surface area contributed by atoms with E-state index in [1.165, 1.54) is 0 Å². The average Bonchev–Trinajstić information content (AvgIpc) is 3.15. The van der Waals surface area contributed by atoms with Gasteiger partial charge in [-0.15, -0.1) is 0 Å². The van der Waals surface area contributed by atoms with Crippen molar-refractivity contribution >= 4 is 0 Å². The van der Waals surface area contributed by atoms with Gasteiger partial charge in [0.2, 0.25) is 0 Å². The van der Waals surface area contributed by atoms with E-state index in [2.05, 4.69) is 6.92 Å². The Bertz CT molecular complexity index is 1520. The monoisotopic (exact) mass is 682 g/mol. The van der Waals surface area contributed by atoms with Crippen molar-refractivity contribution in [3.05, 3.63) is 144 Å². The summed E-state index contributed by atoms with van der Waals surface area (Å²) in [5.41, 5.74) is 4.20. The molecule has 1 N–H and O–H groups in total. The zero-order valence-corrected chi connectivity index (χ0v) is 29.2. The third-order valence-electron chi connectivity index (χ3n) is 9.52. The minimum absolute atomic E-state index is 0.253. The van der Waals surface area contributed by atoms with Gasteiger partial charge in [0.15, 0.2) is 6.29 Å². The van der Waals surface area contributed by atoms with Crippen molar-refractivity contribution in [2.75, 3.05) is 6.61 Å². The minimum atomic E-state index is -0.939. The topological polar surface area (TPSA) is 84.8 Å². The summed E-state index contributed by atoms with van der Waals surface area (Å²) in [6.07, 6.45) is -5.14. The van der Waals surface area contributed by atoms with Crippen LogP contribution in [0.3, 0.4) is 0 Å². The number of aliphatic hydroxyl groups is 1. The van der Waals surface area contributed by atoms with Crippen molar-refractivity contribution < 1.29 is 38.3 Å². The van der Waals surface area contributed by atoms with Gasteiger partial charge in [0.1, 0.15) is 30.5 Å². The van der Waals surface area contributed by atoms with E-state index in [4.69, 9.17) is 33.2 Å². The van der Waals surface area contributed by atoms with E-state index in [0.29, 0.717) is 26.4 Å². The lowest BCUT2D eigenvalue weighted by molar-refractivity contribution is -0.341. The minimum Gasteiger partial charge on any atom is -0.388 e. The van der Waals surface area contributed by atoms with Crippen LogP contribution in [0.2, 0.25) is 0 Å². The van der Waals surface area contributed by atoms with E-state index in [9.17, 15) is 5.11 Å². The van der Waals surface area contributed by atoms with Crippen molar-refractivity contribution in [3.63, 3.8) is 0 Å². The highest BCUT2D eigenvalue weighted by molar-refractivity contribution is 5.16. The number of hydrogen-bond donors (Lipinski definition) is 1. The van der Waals surface area contributed by atoms with Gasteiger partial charge in [0.25, 0.3) is 0 Å². The van der Waals surface area contributed by atoms with Gasteiger partial charge < -0.3 is 38.3 Å². The van der Waals surface area contributed by atoms with E-state index < -0.39 is 49.0 Å². The van der Waals surface area contributed by atoms with Crippen LogP contribution in [0.25, 0.3) is 0 Å². The molecule has 0 spiro atoms. The first-order chi connectivity index (χ1) is 24.5. The normalized spacial score (nSPS) is 29.8. The second kappa shape index (κ2) is 18.2. The van der Waals surface area contributed by atoms with Gasteiger partial charge in [-0.05, 0) is 36.1 Å². The van der Waals surface area contributed by atoms with E-state index >= 15 is 0 Å². The van der Waals surface area contributed by atoms with Crippen LogP contribution in [0.5, 0.6) is 0 Å². The van der Waals surface area contributed by atoms with Gasteiger partial charge in [-0.2, -0.15) is 0 Å². The fraction of sp³-hybridized carbons (Fsp3) is 0.429. The third-order valence-corrected chi connectivity index (χ3v) is 9.52. The Morgan fingerprint density at radius 3 is 1.44 bits per heavy atom. The molecule has 10 atom stereocenters. The molecule has 8 nitrogen and oxygen atoms in total. The summed E-state index contributed by atoms with van der Waals surface area (Å²) < 4.78 is 45.8. The summed E-state index contributed by atoms with van der Waals surface area (Å²) in [6, 6.07) is 40.2. The molecule has 0 aliphatic carbocycles. The molecule has 2 aliphatic rings. The molecule has 5 unspecified atom stereocenters. The predicted octanol–water partition coefficient (Wildman–Crippen LogP) is 6.87. The van der Waals surface area contributed by atoms with E-state index in [-0.39, 0.29) is 18.6 Å². The quantitative estimate of drug-likeness (QED) is 0.145. The lowest BCUT2D eigenvalue weighted by Gasteiger charge is -2.49. The molecule has 0 aromatic heterocycles. The summed E-state index contributed by atoms with van der Waals surface area (Å²) in [4.78, 5) is 0. The average molecular weight is 683 g/mol. The number of rotatable bonds is 15. The van der Waals surface area contributed by atoms with Crippen molar-refractivity contribution in [1.29, 1.82) is 0 Å². The molecule has 0 bridgehead atoms. The Morgan fingerprint density at radius 1 is 0.500 bits per heavy atom. The highest BCUT2D eigenvalue weighted by Crippen LogP contribution is 2.36. The van der Waals surface area contributed by atoms with Crippen molar-refractivity contribution in [2.24, 2.45) is 5.92 Å². The number of aliphatic hydroxyl groups excluding tert-OH is 1. The fourth-order valence-corrected chi connectivity index (χ4v) is 6.71. The molecule has 4 aromatic carbocycles. The summed E-state index contributed by atoms with van der Waals surface area (Å²) >= 11 is 0. The summed E-state index contributed by atoms with van der Waals surface area (Å²) in [6.45, 7) is 7.68. The summed E-state index contributed by atoms with van der Waals surface area (Å²) in [5, 5.41) is 11.5. The molecule has 0 amide bonds. The van der Waals surface area contributed by atoms with Gasteiger partial charge in [-0.25, -0.2) is 0 Å². The molecule has 4 aromatic rings. The molecule has 2 fully saturated rings. The second-order valence-corrected chi connectivity index (χ2v) is 13.3. The van der Waals surface area contributed by atoms with Crippen LogP contribution in [-0.2, 0) is 59.6 Å². The molecule has 266 valence electrons. The first-order valence-electron chi connectivity index (χ1n) is 17.7. The van der Waals surface area contributed by atoms with Crippen LogP contribution >= 0.6 is 0 Å². The lowest BCUT2D eigenvalue weighted by atomic mass is 9.90. The largest absolute Gasteiger partial charge is 0.388 e. The fourth-order valence-electron chi connectivity index (χ4n) is 6.71. The molecular formula is C42H50O8. The van der Waals surface area contributed by atoms with Gasteiger partial charge in [0, 0.05) is 5.92 Å². The SMILES string of the molecule is CC1C(OCc2ccccc2)[C@H](OCc2ccccc2)C(COCc2ccccc2)O[C@@H]1OC1[C@@H](OCc2ccccc2)C(C)O[C@@H](C)[C@H]1O. The molecule has 0 radical (unpaired) electrons. The van der Waals surface area contributed by atoms with Crippen molar-refractivity contribution in [2.45, 2.75) is 102 Å². The standard InChI is InChI=1S/C42H50O8/c1-29-38(45-25-33-18-10-5-11-19-33)40(47-27-35-22-14-7-15-23-35)36(28-44-24-32-16-8-4-9-17-32)49-42(29)50-41-37(43)30(2)48-31(3)39(41)46-26-34-20-12-6-13-21-34/h4-23,29-31,36-43H,24-28H2,1-3H3/t29?,30-,31?,36?,37+,38?,39-,40+,41?,42+/m0/s1. The third kappa shape index (κ3) is 9.66. The Labute approximate surface area is 296 Å². The number of benzene rings is 4. The Balaban J connectivity index is 1.25. The lowest BCUT2D eigenvalue weighted by Crippen LogP contribution is -2.62. The van der Waals surface area contributed by atoms with Crippen LogP contribution in [0, 0.1) is 5.92 Å². The second-order valence-electron chi connectivity index (χ2n) is 13.3. The van der Waals surface area contributed by atoms with E-state index in [1.54, 1.807) is 0 Å². The van der Waals surface area contributed by atoms with Crippen molar-refractivity contribution in [3.8, 4) is 0 Å². The molecule has 6 rings (SSSR count). The summed E-state index contributed by atoms with van der Waals surface area (Å²) in [5.74, 6) is -0.278. The van der Waals surface area contributed by atoms with Crippen molar-refractivity contribution in [1.82, 2.24) is 0 Å². The molecule has 8 heteroatoms. The predicted molar refractivity (Wildman–Crippen MR) is 190 cm³/mol. The van der Waals surface area contributed by atoms with Crippen LogP contribution in [0.1, 0.15) is 43.0 Å². The first-order valence-corrected chi connectivity index (χ1v) is 17.7. The Kier molecular flexibility index (Phi) is 13.2. The van der Waals surface area contributed by atoms with Gasteiger partial charge >= 0.3 is 0 Å². The van der Waals surface area contributed by atoms with Crippen LogP contribution < -0.4 is 0 Å². The molecule has 2 heterocycles. The van der Waals surface area contributed by atoms with Gasteiger partial charge in [0.05, 0.1) is 51.3 Å². The van der Waals surface area contributed by atoms with Gasteiger partial charge in [-0.3, -0.25) is 0 Å². The van der Waals surface area contributed by atoms with Gasteiger partial charge in [-0.1, -0.05) is 128 Å². The number of hydrogen-bond acceptors (Lipinski definition) is 8. The summed E-state index contributed by atoms with van der Waals surface area (Å²) in [7, 11) is 0. The Morgan fingerprint density at radius 2 is 0.940 bits per heavy atom. The molecule has 2 saturated heterocycles. The molecule has 50 heavy (non-hydrogen) atoms. The zero-order chi connectivity index (χ0) is 34.7. The smallest absolute Gasteiger partial charge is 0.163 e. The number of ether oxygens (including phenoxy) is 7. The molecular weight excluding hydrogens is 632 g/mol. The van der Waals surface area contributed by atoms with Crippen LogP contribution in [-0.4, -0.2) is 66.8 Å². The zero-order valence-electron chi connectivity index (χ0n) is 29.2. The first kappa shape index (κ1) is 36.4. The Hall–Kier alpha value is -3.44. The highest BCUT2D eigenvalue weighted by atomic mass is 16.7. The van der Waals surface area contributed by atoms with E-state index in [1.807, 2.05) is 135 Å². The molecule has 0 saturated carbocycles. The van der Waals surface area contributed by atoms with Crippen LogP contribution in [0.15, 0.2) is 121 Å².